The maximum absolute atomic E-state index is 5.29. The first-order chi connectivity index (χ1) is 8.06. The Bertz CT molecular complexity index is 350. The number of hydrogen-bond donors (Lipinski definition) is 1. The highest BCUT2D eigenvalue weighted by Gasteiger charge is 2.08. The molecule has 17 heavy (non-hydrogen) atoms. The zero-order chi connectivity index (χ0) is 12.8. The largest absolute Gasteiger partial charge is 0.493 e. The molecule has 0 heterocycles. The van der Waals surface area contributed by atoms with Crippen molar-refractivity contribution >= 4 is 0 Å². The summed E-state index contributed by atoms with van der Waals surface area (Å²) in [4.78, 5) is 0. The minimum atomic E-state index is 0.452. The third-order valence-electron chi connectivity index (χ3n) is 2.61. The molecule has 1 aromatic carbocycles. The maximum atomic E-state index is 5.29. The van der Waals surface area contributed by atoms with E-state index in [1.165, 1.54) is 5.56 Å². The summed E-state index contributed by atoms with van der Waals surface area (Å²) < 4.78 is 10.5. The second kappa shape index (κ2) is 6.50. The molecule has 1 rings (SSSR count). The molecule has 0 unspecified atom stereocenters. The van der Waals surface area contributed by atoms with E-state index in [1.807, 2.05) is 12.1 Å². The highest BCUT2D eigenvalue weighted by Crippen LogP contribution is 2.27. The second-order valence-corrected chi connectivity index (χ2v) is 4.62. The summed E-state index contributed by atoms with van der Waals surface area (Å²) in [5.74, 6) is 1.57. The Morgan fingerprint density at radius 2 is 1.71 bits per heavy atom. The van der Waals surface area contributed by atoms with Crippen LogP contribution < -0.4 is 14.8 Å². The van der Waals surface area contributed by atoms with Crippen molar-refractivity contribution in [2.75, 3.05) is 14.2 Å². The predicted octanol–water partition coefficient (Wildman–Crippen LogP) is 2.63. The van der Waals surface area contributed by atoms with Crippen molar-refractivity contribution in [3.8, 4) is 11.5 Å². The summed E-state index contributed by atoms with van der Waals surface area (Å²) in [7, 11) is 3.32. The third kappa shape index (κ3) is 4.27. The molecule has 0 saturated heterocycles. The fraction of sp³-hybridized carbons (Fsp3) is 0.571. The van der Waals surface area contributed by atoms with Crippen molar-refractivity contribution in [1.29, 1.82) is 0 Å². The van der Waals surface area contributed by atoms with Crippen LogP contribution in [0.5, 0.6) is 11.5 Å². The Hall–Kier alpha value is -1.22. The van der Waals surface area contributed by atoms with Crippen LogP contribution in [0.1, 0.15) is 26.3 Å². The van der Waals surface area contributed by atoms with E-state index in [0.29, 0.717) is 12.1 Å². The van der Waals surface area contributed by atoms with E-state index in [0.717, 1.165) is 17.9 Å². The Kier molecular flexibility index (Phi) is 5.29. The molecule has 0 aliphatic rings. The lowest BCUT2D eigenvalue weighted by molar-refractivity contribution is 0.354. The normalized spacial score (nSPS) is 12.6. The maximum Gasteiger partial charge on any atom is 0.160 e. The first-order valence-corrected chi connectivity index (χ1v) is 6.03. The van der Waals surface area contributed by atoms with Crippen molar-refractivity contribution in [1.82, 2.24) is 5.32 Å². The van der Waals surface area contributed by atoms with E-state index in [2.05, 4.69) is 32.2 Å². The molecule has 0 amide bonds. The SMILES string of the molecule is COc1ccc(C[C@@H](C)NC(C)C)cc1OC. The van der Waals surface area contributed by atoms with Gasteiger partial charge >= 0.3 is 0 Å². The van der Waals surface area contributed by atoms with Crippen LogP contribution in [-0.4, -0.2) is 26.3 Å². The Balaban J connectivity index is 2.72. The smallest absolute Gasteiger partial charge is 0.160 e. The zero-order valence-electron chi connectivity index (χ0n) is 11.4. The molecular weight excluding hydrogens is 214 g/mol. The van der Waals surface area contributed by atoms with Crippen LogP contribution in [0.15, 0.2) is 18.2 Å². The van der Waals surface area contributed by atoms with Gasteiger partial charge in [-0.1, -0.05) is 19.9 Å². The first kappa shape index (κ1) is 13.8. The minimum absolute atomic E-state index is 0.452. The molecule has 1 N–H and O–H groups in total. The molecule has 1 aromatic rings. The van der Waals surface area contributed by atoms with Gasteiger partial charge in [0, 0.05) is 12.1 Å². The Morgan fingerprint density at radius 1 is 1.06 bits per heavy atom. The molecule has 0 aliphatic carbocycles. The summed E-state index contributed by atoms with van der Waals surface area (Å²) in [6.07, 6.45) is 0.985. The van der Waals surface area contributed by atoms with Crippen LogP contribution in [0.3, 0.4) is 0 Å². The summed E-state index contributed by atoms with van der Waals surface area (Å²) in [5, 5.41) is 3.49. The number of hydrogen-bond acceptors (Lipinski definition) is 3. The second-order valence-electron chi connectivity index (χ2n) is 4.62. The molecule has 0 radical (unpaired) electrons. The van der Waals surface area contributed by atoms with Gasteiger partial charge in [0.15, 0.2) is 11.5 Å². The molecule has 3 nitrogen and oxygen atoms in total. The molecule has 3 heteroatoms. The van der Waals surface area contributed by atoms with Crippen LogP contribution in [-0.2, 0) is 6.42 Å². The summed E-state index contributed by atoms with van der Waals surface area (Å²) in [6, 6.07) is 7.03. The van der Waals surface area contributed by atoms with Crippen LogP contribution in [0.2, 0.25) is 0 Å². The summed E-state index contributed by atoms with van der Waals surface area (Å²) >= 11 is 0. The van der Waals surface area contributed by atoms with E-state index in [9.17, 15) is 0 Å². The fourth-order valence-corrected chi connectivity index (χ4v) is 1.99. The fourth-order valence-electron chi connectivity index (χ4n) is 1.99. The Labute approximate surface area is 104 Å². The van der Waals surface area contributed by atoms with Crippen molar-refractivity contribution in [3.05, 3.63) is 23.8 Å². The molecule has 0 bridgehead atoms. The Morgan fingerprint density at radius 3 is 2.24 bits per heavy atom. The van der Waals surface area contributed by atoms with E-state index in [4.69, 9.17) is 9.47 Å². The molecular formula is C14H23NO2. The van der Waals surface area contributed by atoms with Crippen LogP contribution in [0.25, 0.3) is 0 Å². The van der Waals surface area contributed by atoms with Gasteiger partial charge in [-0.2, -0.15) is 0 Å². The monoisotopic (exact) mass is 237 g/mol. The molecule has 0 aliphatic heterocycles. The lowest BCUT2D eigenvalue weighted by atomic mass is 10.1. The molecule has 0 fully saturated rings. The lowest BCUT2D eigenvalue weighted by Crippen LogP contribution is -2.33. The highest BCUT2D eigenvalue weighted by molar-refractivity contribution is 5.43. The molecule has 0 aromatic heterocycles. The summed E-state index contributed by atoms with van der Waals surface area (Å²) in [5.41, 5.74) is 1.25. The van der Waals surface area contributed by atoms with Crippen molar-refractivity contribution < 1.29 is 9.47 Å². The van der Waals surface area contributed by atoms with E-state index < -0.39 is 0 Å². The van der Waals surface area contributed by atoms with E-state index >= 15 is 0 Å². The minimum Gasteiger partial charge on any atom is -0.493 e. The third-order valence-corrected chi connectivity index (χ3v) is 2.61. The van der Waals surface area contributed by atoms with E-state index in [-0.39, 0.29) is 0 Å². The number of rotatable bonds is 6. The number of ether oxygens (including phenoxy) is 2. The molecule has 0 saturated carbocycles. The quantitative estimate of drug-likeness (QED) is 0.825. The summed E-state index contributed by atoms with van der Waals surface area (Å²) in [6.45, 7) is 6.51. The number of methoxy groups -OCH3 is 2. The first-order valence-electron chi connectivity index (χ1n) is 6.03. The van der Waals surface area contributed by atoms with Crippen LogP contribution in [0, 0.1) is 0 Å². The molecule has 0 spiro atoms. The van der Waals surface area contributed by atoms with Gasteiger partial charge in [-0.15, -0.1) is 0 Å². The average Bonchev–Trinajstić information content (AvgIpc) is 2.27. The van der Waals surface area contributed by atoms with Gasteiger partial charge < -0.3 is 14.8 Å². The van der Waals surface area contributed by atoms with Gasteiger partial charge in [0.2, 0.25) is 0 Å². The molecule has 96 valence electrons. The topological polar surface area (TPSA) is 30.5 Å². The standard InChI is InChI=1S/C14H23NO2/c1-10(2)15-11(3)8-12-6-7-13(16-4)14(9-12)17-5/h6-7,9-11,15H,8H2,1-5H3/t11-/m1/s1. The van der Waals surface area contributed by atoms with Gasteiger partial charge in [-0.05, 0) is 31.0 Å². The number of benzene rings is 1. The average molecular weight is 237 g/mol. The van der Waals surface area contributed by atoms with Crippen LogP contribution >= 0.6 is 0 Å². The highest BCUT2D eigenvalue weighted by atomic mass is 16.5. The van der Waals surface area contributed by atoms with Gasteiger partial charge in [-0.3, -0.25) is 0 Å². The van der Waals surface area contributed by atoms with Gasteiger partial charge in [0.05, 0.1) is 14.2 Å². The molecule has 1 atom stereocenters. The van der Waals surface area contributed by atoms with Gasteiger partial charge in [0.25, 0.3) is 0 Å². The zero-order valence-corrected chi connectivity index (χ0v) is 11.4. The van der Waals surface area contributed by atoms with E-state index in [1.54, 1.807) is 14.2 Å². The van der Waals surface area contributed by atoms with Crippen molar-refractivity contribution in [3.63, 3.8) is 0 Å². The van der Waals surface area contributed by atoms with Gasteiger partial charge in [0.1, 0.15) is 0 Å². The predicted molar refractivity (Wildman–Crippen MR) is 71.0 cm³/mol. The van der Waals surface area contributed by atoms with Crippen LogP contribution in [0.4, 0.5) is 0 Å². The number of nitrogens with one attached hydrogen (secondary N) is 1. The van der Waals surface area contributed by atoms with Crippen molar-refractivity contribution in [2.24, 2.45) is 0 Å². The van der Waals surface area contributed by atoms with Crippen molar-refractivity contribution in [2.45, 2.75) is 39.3 Å². The lowest BCUT2D eigenvalue weighted by Gasteiger charge is -2.17. The van der Waals surface area contributed by atoms with Gasteiger partial charge in [-0.25, -0.2) is 0 Å².